The zero-order chi connectivity index (χ0) is 13.5. The van der Waals surface area contributed by atoms with Crippen LogP contribution in [0.15, 0.2) is 0 Å². The van der Waals surface area contributed by atoms with Crippen molar-refractivity contribution in [3.05, 3.63) is 0 Å². The first kappa shape index (κ1) is 16.7. The third kappa shape index (κ3) is 4.84. The van der Waals surface area contributed by atoms with Crippen LogP contribution in [0.25, 0.3) is 0 Å². The summed E-state index contributed by atoms with van der Waals surface area (Å²) in [5.74, 6) is 0.271. The molecular weight excluding hydrogens is 231 g/mol. The van der Waals surface area contributed by atoms with Crippen LogP contribution < -0.4 is 5.32 Å². The van der Waals surface area contributed by atoms with Crippen molar-refractivity contribution in [1.29, 1.82) is 0 Å². The summed E-state index contributed by atoms with van der Waals surface area (Å²) >= 11 is 0. The molecule has 0 spiro atoms. The maximum atomic E-state index is 12.4. The smallest absolute Gasteiger partial charge is 0.380 e. The molecule has 5 heteroatoms. The molecule has 0 aromatic carbocycles. The van der Waals surface area contributed by atoms with Crippen LogP contribution in [0.1, 0.15) is 46.5 Å². The lowest BCUT2D eigenvalue weighted by atomic mass is 9.78. The number of nitrogens with one attached hydrogen (secondary N) is 1. The summed E-state index contributed by atoms with van der Waals surface area (Å²) in [4.78, 5) is 0. The molecule has 0 radical (unpaired) electrons. The highest BCUT2D eigenvalue weighted by atomic mass is 19.4. The van der Waals surface area contributed by atoms with Gasteiger partial charge in [0.05, 0.1) is 0 Å². The van der Waals surface area contributed by atoms with Gasteiger partial charge in [-0.15, -0.1) is 0 Å². The number of hydrogen-bond acceptors (Lipinski definition) is 2. The lowest BCUT2D eigenvalue weighted by Gasteiger charge is -2.37. The van der Waals surface area contributed by atoms with Gasteiger partial charge in [-0.1, -0.05) is 20.8 Å². The van der Waals surface area contributed by atoms with Gasteiger partial charge in [-0.3, -0.25) is 0 Å². The van der Waals surface area contributed by atoms with E-state index in [2.05, 4.69) is 5.32 Å². The molecule has 0 bridgehead atoms. The van der Waals surface area contributed by atoms with Gasteiger partial charge in [0.1, 0.15) is 0 Å². The summed E-state index contributed by atoms with van der Waals surface area (Å²) in [5, 5.41) is 12.5. The SMILES string of the molecule is CC.CCNCC1CCC(O)(C(F)(F)F)CC1. The van der Waals surface area contributed by atoms with Crippen molar-refractivity contribution in [2.24, 2.45) is 5.92 Å². The average molecular weight is 255 g/mol. The van der Waals surface area contributed by atoms with Crippen LogP contribution in [0, 0.1) is 5.92 Å². The highest BCUT2D eigenvalue weighted by Gasteiger charge is 2.54. The number of hydrogen-bond donors (Lipinski definition) is 2. The van der Waals surface area contributed by atoms with Crippen molar-refractivity contribution in [2.75, 3.05) is 13.1 Å². The molecule has 0 unspecified atom stereocenters. The largest absolute Gasteiger partial charge is 0.417 e. The third-order valence-corrected chi connectivity index (χ3v) is 3.14. The van der Waals surface area contributed by atoms with Crippen LogP contribution in [0.2, 0.25) is 0 Å². The minimum Gasteiger partial charge on any atom is -0.380 e. The minimum atomic E-state index is -4.48. The Morgan fingerprint density at radius 1 is 1.24 bits per heavy atom. The zero-order valence-electron chi connectivity index (χ0n) is 10.9. The number of aliphatic hydroxyl groups is 1. The molecule has 0 aromatic heterocycles. The highest BCUT2D eigenvalue weighted by molar-refractivity contribution is 4.91. The average Bonchev–Trinajstić information content (AvgIpc) is 2.30. The maximum Gasteiger partial charge on any atom is 0.417 e. The third-order valence-electron chi connectivity index (χ3n) is 3.14. The lowest BCUT2D eigenvalue weighted by molar-refractivity contribution is -0.271. The molecule has 1 aliphatic carbocycles. The van der Waals surface area contributed by atoms with E-state index in [1.54, 1.807) is 0 Å². The number of alkyl halides is 3. The van der Waals surface area contributed by atoms with Crippen molar-refractivity contribution in [2.45, 2.75) is 58.2 Å². The van der Waals surface area contributed by atoms with Crippen LogP contribution in [-0.2, 0) is 0 Å². The monoisotopic (exact) mass is 255 g/mol. The standard InChI is InChI=1S/C10H18F3NO.C2H6/c1-2-14-7-8-3-5-9(15,6-4-8)10(11,12)13;1-2/h8,14-15H,2-7H2,1H3;1-2H3. The molecule has 0 amide bonds. The molecule has 17 heavy (non-hydrogen) atoms. The van der Waals surface area contributed by atoms with Gasteiger partial charge in [0.15, 0.2) is 5.60 Å². The second kappa shape index (κ2) is 7.21. The van der Waals surface area contributed by atoms with Gasteiger partial charge in [0.25, 0.3) is 0 Å². The molecule has 1 fully saturated rings. The number of rotatable bonds is 3. The Hall–Kier alpha value is -0.290. The van der Waals surface area contributed by atoms with E-state index < -0.39 is 11.8 Å². The molecule has 1 saturated carbocycles. The van der Waals surface area contributed by atoms with Gasteiger partial charge in [-0.25, -0.2) is 0 Å². The molecule has 0 aromatic rings. The first-order valence-corrected chi connectivity index (χ1v) is 6.39. The first-order valence-electron chi connectivity index (χ1n) is 6.39. The summed E-state index contributed by atoms with van der Waals surface area (Å²) < 4.78 is 37.3. The highest BCUT2D eigenvalue weighted by Crippen LogP contribution is 2.42. The summed E-state index contributed by atoms with van der Waals surface area (Å²) in [6.45, 7) is 7.55. The Balaban J connectivity index is 0.00000121. The summed E-state index contributed by atoms with van der Waals surface area (Å²) in [6, 6.07) is 0. The molecule has 0 heterocycles. The van der Waals surface area contributed by atoms with Crippen LogP contribution in [0.3, 0.4) is 0 Å². The van der Waals surface area contributed by atoms with E-state index in [-0.39, 0.29) is 18.8 Å². The van der Waals surface area contributed by atoms with Gasteiger partial charge < -0.3 is 10.4 Å². The van der Waals surface area contributed by atoms with Gasteiger partial charge in [-0.2, -0.15) is 13.2 Å². The summed E-state index contributed by atoms with van der Waals surface area (Å²) in [5.41, 5.74) is -2.43. The minimum absolute atomic E-state index is 0.160. The molecule has 2 N–H and O–H groups in total. The maximum absolute atomic E-state index is 12.4. The van der Waals surface area contributed by atoms with E-state index in [0.717, 1.165) is 13.1 Å². The molecule has 2 nitrogen and oxygen atoms in total. The predicted octanol–water partition coefficient (Wildman–Crippen LogP) is 3.11. The zero-order valence-corrected chi connectivity index (χ0v) is 10.9. The van der Waals surface area contributed by atoms with E-state index in [1.165, 1.54) is 0 Å². The molecule has 0 saturated heterocycles. The number of halogens is 3. The normalized spacial score (nSPS) is 29.5. The molecule has 1 rings (SSSR count). The van der Waals surface area contributed by atoms with E-state index in [0.29, 0.717) is 12.8 Å². The quantitative estimate of drug-likeness (QED) is 0.812. The van der Waals surface area contributed by atoms with Crippen molar-refractivity contribution < 1.29 is 18.3 Å². The van der Waals surface area contributed by atoms with E-state index in [4.69, 9.17) is 0 Å². The first-order chi connectivity index (χ1) is 7.89. The molecule has 0 atom stereocenters. The van der Waals surface area contributed by atoms with Crippen LogP contribution in [0.5, 0.6) is 0 Å². The Kier molecular flexibility index (Phi) is 7.09. The molecule has 0 aliphatic heterocycles. The molecular formula is C12H24F3NO. The fourth-order valence-corrected chi connectivity index (χ4v) is 1.99. The summed E-state index contributed by atoms with van der Waals surface area (Å²) in [7, 11) is 0. The van der Waals surface area contributed by atoms with Crippen molar-refractivity contribution in [3.8, 4) is 0 Å². The molecule has 1 aliphatic rings. The second-order valence-electron chi connectivity index (χ2n) is 4.28. The van der Waals surface area contributed by atoms with E-state index in [1.807, 2.05) is 20.8 Å². The Bertz CT molecular complexity index is 198. The Morgan fingerprint density at radius 2 is 1.71 bits per heavy atom. The molecule has 104 valence electrons. The van der Waals surface area contributed by atoms with Gasteiger partial charge in [0, 0.05) is 0 Å². The lowest BCUT2D eigenvalue weighted by Crippen LogP contribution is -2.48. The van der Waals surface area contributed by atoms with E-state index >= 15 is 0 Å². The van der Waals surface area contributed by atoms with Gasteiger partial charge >= 0.3 is 6.18 Å². The Labute approximate surface area is 102 Å². The van der Waals surface area contributed by atoms with Crippen LogP contribution in [0.4, 0.5) is 13.2 Å². The van der Waals surface area contributed by atoms with E-state index in [9.17, 15) is 18.3 Å². The van der Waals surface area contributed by atoms with Crippen LogP contribution in [-0.4, -0.2) is 30.0 Å². The van der Waals surface area contributed by atoms with Crippen molar-refractivity contribution >= 4 is 0 Å². The Morgan fingerprint density at radius 3 is 2.06 bits per heavy atom. The van der Waals surface area contributed by atoms with Crippen molar-refractivity contribution in [1.82, 2.24) is 5.32 Å². The fourth-order valence-electron chi connectivity index (χ4n) is 1.99. The predicted molar refractivity (Wildman–Crippen MR) is 62.9 cm³/mol. The second-order valence-corrected chi connectivity index (χ2v) is 4.28. The van der Waals surface area contributed by atoms with Gasteiger partial charge in [-0.05, 0) is 44.7 Å². The van der Waals surface area contributed by atoms with Crippen LogP contribution >= 0.6 is 0 Å². The summed E-state index contributed by atoms with van der Waals surface area (Å²) in [6.07, 6.45) is -3.90. The van der Waals surface area contributed by atoms with Gasteiger partial charge in [0.2, 0.25) is 0 Å². The topological polar surface area (TPSA) is 32.3 Å². The van der Waals surface area contributed by atoms with Crippen molar-refractivity contribution in [3.63, 3.8) is 0 Å². The fraction of sp³-hybridized carbons (Fsp3) is 1.00.